The maximum absolute atomic E-state index is 5.44. The van der Waals surface area contributed by atoms with Crippen LogP contribution < -0.4 is 0 Å². The molecule has 0 amide bonds. The lowest BCUT2D eigenvalue weighted by molar-refractivity contribution is 0.996. The third kappa shape index (κ3) is 6.84. The molecule has 0 atom stereocenters. The molecule has 0 saturated carbocycles. The van der Waals surface area contributed by atoms with Crippen LogP contribution in [0.15, 0.2) is 206 Å². The summed E-state index contributed by atoms with van der Waals surface area (Å²) in [6, 6.07) is 69.1. The first-order valence-corrected chi connectivity index (χ1v) is 23.4. The van der Waals surface area contributed by atoms with E-state index < -0.39 is 0 Å². The van der Waals surface area contributed by atoms with E-state index in [0.717, 1.165) is 79.6 Å². The minimum Gasteiger partial charge on any atom is -0.301 e. The number of fused-ring (bicyclic) bond motifs is 9. The molecule has 4 heteroatoms. The fraction of sp³-hybridized carbons (Fsp3) is 0.0469. The average Bonchev–Trinajstić information content (AvgIpc) is 3.52. The highest BCUT2D eigenvalue weighted by Crippen LogP contribution is 2.44. The lowest BCUT2D eigenvalue weighted by atomic mass is 9.85. The van der Waals surface area contributed by atoms with Crippen LogP contribution in [0, 0.1) is 11.8 Å². The highest BCUT2D eigenvalue weighted by molar-refractivity contribution is 6.17. The molecule has 2 aliphatic carbocycles. The van der Waals surface area contributed by atoms with Gasteiger partial charge in [0.2, 0.25) is 0 Å². The minimum absolute atomic E-state index is 0.602. The van der Waals surface area contributed by atoms with Gasteiger partial charge in [-0.15, -0.1) is 0 Å². The first-order valence-electron chi connectivity index (χ1n) is 23.4. The predicted molar refractivity (Wildman–Crippen MR) is 282 cm³/mol. The Kier molecular flexibility index (Phi) is 9.58. The van der Waals surface area contributed by atoms with Gasteiger partial charge >= 0.3 is 0 Å². The Labute approximate surface area is 395 Å². The topological polar surface area (TPSA) is 43.6 Å². The maximum atomic E-state index is 5.44. The van der Waals surface area contributed by atoms with Crippen LogP contribution in [0.4, 0.5) is 0 Å². The van der Waals surface area contributed by atoms with Gasteiger partial charge < -0.3 is 4.57 Å². The molecule has 2 aromatic heterocycles. The number of aryl methyl sites for hydroxylation is 1. The van der Waals surface area contributed by atoms with Crippen LogP contribution in [-0.2, 0) is 6.42 Å². The van der Waals surface area contributed by atoms with Crippen LogP contribution >= 0.6 is 0 Å². The van der Waals surface area contributed by atoms with Crippen molar-refractivity contribution in [3.8, 4) is 85.1 Å². The first-order chi connectivity index (χ1) is 33.7. The molecule has 0 bridgehead atoms. The van der Waals surface area contributed by atoms with Crippen LogP contribution in [-0.4, -0.2) is 19.5 Å². The van der Waals surface area contributed by atoms with Crippen molar-refractivity contribution >= 4 is 44.6 Å². The van der Waals surface area contributed by atoms with Gasteiger partial charge in [0.25, 0.3) is 0 Å². The largest absolute Gasteiger partial charge is 0.301 e. The molecule has 9 aromatic carbocycles. The van der Waals surface area contributed by atoms with E-state index in [-0.39, 0.29) is 0 Å². The summed E-state index contributed by atoms with van der Waals surface area (Å²) in [7, 11) is 0. The predicted octanol–water partition coefficient (Wildman–Crippen LogP) is 15.9. The Morgan fingerprint density at radius 1 is 0.397 bits per heavy atom. The summed E-state index contributed by atoms with van der Waals surface area (Å²) < 4.78 is 2.43. The normalized spacial score (nSPS) is 12.7. The van der Waals surface area contributed by atoms with Crippen molar-refractivity contribution in [2.75, 3.05) is 0 Å². The lowest BCUT2D eigenvalue weighted by Crippen LogP contribution is -2.06. The van der Waals surface area contributed by atoms with Gasteiger partial charge in [-0.3, -0.25) is 0 Å². The van der Waals surface area contributed by atoms with Crippen LogP contribution in [0.25, 0.3) is 118 Å². The van der Waals surface area contributed by atoms with Crippen molar-refractivity contribution in [1.82, 2.24) is 19.5 Å². The van der Waals surface area contributed by atoms with Crippen molar-refractivity contribution in [3.05, 3.63) is 229 Å². The van der Waals surface area contributed by atoms with E-state index in [9.17, 15) is 0 Å². The second-order valence-corrected chi connectivity index (χ2v) is 17.6. The van der Waals surface area contributed by atoms with Crippen molar-refractivity contribution in [3.63, 3.8) is 0 Å². The smallest absolute Gasteiger partial charge is 0.164 e. The standard InChI is InChI=1S/C64H42N4/c1-5-19-42(20-6-1)45-25-17-27-48(37-45)62-65-63(49-28-18-26-46(38-49)43-21-7-2-8-22-43)67-64(66-62)50-40-57-53-31-14-13-29-51(53)52-30-15-16-33-55(52)61(57)60(41-50)68-58-34-12-4-11-32-54(58)56-39-47(35-36-59(56)68)44-23-9-3-10-24-44/h1-3,5-11,13-15,17-32,35-41H,4,16,33H2. The van der Waals surface area contributed by atoms with E-state index in [0.29, 0.717) is 23.9 Å². The molecule has 0 spiro atoms. The van der Waals surface area contributed by atoms with Gasteiger partial charge in [0.15, 0.2) is 17.5 Å². The second-order valence-electron chi connectivity index (χ2n) is 17.6. The molecule has 2 aliphatic rings. The Balaban J connectivity index is 1.11. The molecule has 0 radical (unpaired) electrons. The summed E-state index contributed by atoms with van der Waals surface area (Å²) in [6.07, 6.45) is 11.7. The molecule has 68 heavy (non-hydrogen) atoms. The number of rotatable bonds is 7. The molecule has 318 valence electrons. The summed E-state index contributed by atoms with van der Waals surface area (Å²) in [5.41, 5.74) is 16.5. The zero-order valence-electron chi connectivity index (χ0n) is 37.2. The third-order valence-electron chi connectivity index (χ3n) is 13.5. The van der Waals surface area contributed by atoms with Gasteiger partial charge in [-0.05, 0) is 116 Å². The van der Waals surface area contributed by atoms with Crippen molar-refractivity contribution in [2.45, 2.75) is 19.3 Å². The molecule has 4 nitrogen and oxygen atoms in total. The van der Waals surface area contributed by atoms with Crippen LogP contribution in [0.1, 0.15) is 35.2 Å². The number of hydrogen-bond acceptors (Lipinski definition) is 3. The molecule has 0 fully saturated rings. The molecule has 0 N–H and O–H groups in total. The zero-order valence-corrected chi connectivity index (χ0v) is 37.2. The number of nitrogens with zero attached hydrogens (tertiary/aromatic N) is 4. The highest BCUT2D eigenvalue weighted by atomic mass is 15.0. The zero-order chi connectivity index (χ0) is 45.0. The SMILES string of the molecule is C1#Cc2c(c3cc(-c4ccccc4)ccc3n2-c2cc(-c3nc(-c4cccc(-c5ccccc5)c4)nc(-c4cccc(-c5ccccc5)c4)n3)cc3c2c2c(c4ccccc43)C=CCC2)C=CC1. The van der Waals surface area contributed by atoms with Gasteiger partial charge in [-0.25, -0.2) is 15.0 Å². The summed E-state index contributed by atoms with van der Waals surface area (Å²) >= 11 is 0. The average molecular weight is 867 g/mol. The highest BCUT2D eigenvalue weighted by Gasteiger charge is 2.25. The summed E-state index contributed by atoms with van der Waals surface area (Å²) in [6.45, 7) is 0. The van der Waals surface area contributed by atoms with Gasteiger partial charge in [-0.1, -0.05) is 188 Å². The van der Waals surface area contributed by atoms with Crippen molar-refractivity contribution in [1.29, 1.82) is 0 Å². The monoisotopic (exact) mass is 866 g/mol. The van der Waals surface area contributed by atoms with E-state index in [4.69, 9.17) is 15.0 Å². The second kappa shape index (κ2) is 16.5. The van der Waals surface area contributed by atoms with Crippen molar-refractivity contribution < 1.29 is 0 Å². The van der Waals surface area contributed by atoms with Gasteiger partial charge in [0, 0.05) is 39.4 Å². The van der Waals surface area contributed by atoms with E-state index in [1.54, 1.807) is 0 Å². The Morgan fingerprint density at radius 3 is 1.57 bits per heavy atom. The maximum Gasteiger partial charge on any atom is 0.164 e. The Morgan fingerprint density at radius 2 is 0.926 bits per heavy atom. The van der Waals surface area contributed by atoms with E-state index >= 15 is 0 Å². The van der Waals surface area contributed by atoms with E-state index in [2.05, 4.69) is 223 Å². The van der Waals surface area contributed by atoms with E-state index in [1.807, 2.05) is 12.1 Å². The molecule has 13 rings (SSSR count). The molecule has 0 aliphatic heterocycles. The molecule has 2 heterocycles. The first kappa shape index (κ1) is 39.5. The molecule has 11 aromatic rings. The number of aromatic nitrogens is 4. The fourth-order valence-electron chi connectivity index (χ4n) is 10.3. The molecule has 0 saturated heterocycles. The van der Waals surface area contributed by atoms with Gasteiger partial charge in [0.1, 0.15) is 5.69 Å². The molecular formula is C64H42N4. The van der Waals surface area contributed by atoms with Crippen molar-refractivity contribution in [2.24, 2.45) is 0 Å². The quantitative estimate of drug-likeness (QED) is 0.118. The van der Waals surface area contributed by atoms with Crippen LogP contribution in [0.5, 0.6) is 0 Å². The fourth-order valence-corrected chi connectivity index (χ4v) is 10.3. The minimum atomic E-state index is 0.602. The Hall–Kier alpha value is -8.91. The molecule has 0 unspecified atom stereocenters. The lowest BCUT2D eigenvalue weighted by Gasteiger charge is -2.22. The summed E-state index contributed by atoms with van der Waals surface area (Å²) in [5, 5.41) is 6.00. The van der Waals surface area contributed by atoms with Crippen LogP contribution in [0.2, 0.25) is 0 Å². The van der Waals surface area contributed by atoms with Gasteiger partial charge in [-0.2, -0.15) is 0 Å². The number of benzene rings is 9. The number of allylic oxidation sites excluding steroid dienone is 2. The Bertz CT molecular complexity index is 3820. The van der Waals surface area contributed by atoms with Crippen LogP contribution in [0.3, 0.4) is 0 Å². The summed E-state index contributed by atoms with van der Waals surface area (Å²) in [4.78, 5) is 16.2. The van der Waals surface area contributed by atoms with Gasteiger partial charge in [0.05, 0.1) is 11.2 Å². The summed E-state index contributed by atoms with van der Waals surface area (Å²) in [5.74, 6) is 8.99. The van der Waals surface area contributed by atoms with E-state index in [1.165, 1.54) is 43.8 Å². The number of hydrogen-bond donors (Lipinski definition) is 0. The molecular weight excluding hydrogens is 825 g/mol. The third-order valence-corrected chi connectivity index (χ3v) is 13.5.